The van der Waals surface area contributed by atoms with Crippen molar-refractivity contribution in [1.82, 2.24) is 15.2 Å². The third kappa shape index (κ3) is 5.08. The van der Waals surface area contributed by atoms with Crippen LogP contribution < -0.4 is 4.74 Å². The van der Waals surface area contributed by atoms with Gasteiger partial charge in [-0.3, -0.25) is 5.10 Å². The number of hydrogen-bond donors (Lipinski definition) is 1. The zero-order valence-corrected chi connectivity index (χ0v) is 13.7. The first-order valence-electron chi connectivity index (χ1n) is 7.46. The number of aromatic nitrogens is 3. The van der Waals surface area contributed by atoms with Crippen LogP contribution in [0, 0.1) is 0 Å². The number of nitrogens with one attached hydrogen (secondary N) is 1. The number of aryl methyl sites for hydroxylation is 1. The first-order valence-corrected chi connectivity index (χ1v) is 8.44. The molecule has 0 spiro atoms. The van der Waals surface area contributed by atoms with Crippen LogP contribution in [-0.2, 0) is 6.42 Å². The number of hydrogen-bond acceptors (Lipinski definition) is 4. The van der Waals surface area contributed by atoms with Gasteiger partial charge in [0.2, 0.25) is 5.16 Å². The summed E-state index contributed by atoms with van der Waals surface area (Å²) in [5.74, 6) is 3.24. The van der Waals surface area contributed by atoms with Gasteiger partial charge >= 0.3 is 0 Å². The van der Waals surface area contributed by atoms with Gasteiger partial charge in [0.15, 0.2) is 0 Å². The molecule has 2 aromatic rings. The summed E-state index contributed by atoms with van der Waals surface area (Å²) in [5, 5.41) is 7.99. The summed E-state index contributed by atoms with van der Waals surface area (Å²) < 4.78 is 5.72. The summed E-state index contributed by atoms with van der Waals surface area (Å²) in [6.45, 7) is 7.08. The van der Waals surface area contributed by atoms with Gasteiger partial charge in [-0.1, -0.05) is 44.7 Å². The normalized spacial score (nSPS) is 11.0. The highest BCUT2D eigenvalue weighted by atomic mass is 32.2. The molecular weight excluding hydrogens is 282 g/mol. The van der Waals surface area contributed by atoms with Gasteiger partial charge < -0.3 is 4.74 Å². The van der Waals surface area contributed by atoms with Gasteiger partial charge in [-0.05, 0) is 30.5 Å². The fraction of sp³-hybridized carbons (Fsp3) is 0.500. The lowest BCUT2D eigenvalue weighted by Gasteiger charge is -2.06. The molecule has 114 valence electrons. The standard InChI is InChI=1S/C16H23N3OS/c1-4-13-6-8-14(9-7-13)20-10-5-11-21-16-17-15(12(2)3)18-19-16/h6-9,12H,4-5,10-11H2,1-3H3,(H,17,18,19). The lowest BCUT2D eigenvalue weighted by atomic mass is 10.2. The zero-order valence-electron chi connectivity index (χ0n) is 12.9. The average molecular weight is 305 g/mol. The van der Waals surface area contributed by atoms with Crippen LogP contribution in [0.25, 0.3) is 0 Å². The number of ether oxygens (including phenoxy) is 1. The SMILES string of the molecule is CCc1ccc(OCCCSc2n[nH]c(C(C)C)n2)cc1. The summed E-state index contributed by atoms with van der Waals surface area (Å²) in [4.78, 5) is 4.44. The Kier molecular flexibility index (Phi) is 6.11. The molecule has 4 nitrogen and oxygen atoms in total. The van der Waals surface area contributed by atoms with Crippen molar-refractivity contribution in [2.24, 2.45) is 0 Å². The number of rotatable bonds is 8. The first kappa shape index (κ1) is 15.9. The lowest BCUT2D eigenvalue weighted by Crippen LogP contribution is -1.99. The van der Waals surface area contributed by atoms with Crippen molar-refractivity contribution in [3.8, 4) is 5.75 Å². The number of nitrogens with zero attached hydrogens (tertiary/aromatic N) is 2. The van der Waals surface area contributed by atoms with E-state index in [1.165, 1.54) is 5.56 Å². The predicted octanol–water partition coefficient (Wildman–Crippen LogP) is 4.05. The molecule has 0 unspecified atom stereocenters. The number of aromatic amines is 1. The number of H-pyrrole nitrogens is 1. The zero-order chi connectivity index (χ0) is 15.1. The summed E-state index contributed by atoms with van der Waals surface area (Å²) in [6, 6.07) is 8.31. The van der Waals surface area contributed by atoms with E-state index >= 15 is 0 Å². The molecule has 0 saturated carbocycles. The minimum atomic E-state index is 0.390. The number of thioether (sulfide) groups is 1. The van der Waals surface area contributed by atoms with Crippen molar-refractivity contribution in [1.29, 1.82) is 0 Å². The van der Waals surface area contributed by atoms with Crippen molar-refractivity contribution in [3.63, 3.8) is 0 Å². The molecule has 0 aliphatic rings. The molecule has 5 heteroatoms. The molecule has 1 aromatic carbocycles. The van der Waals surface area contributed by atoms with E-state index in [0.29, 0.717) is 5.92 Å². The van der Waals surface area contributed by atoms with Crippen molar-refractivity contribution < 1.29 is 4.74 Å². The van der Waals surface area contributed by atoms with Crippen LogP contribution in [0.2, 0.25) is 0 Å². The second kappa shape index (κ2) is 8.08. The molecule has 2 rings (SSSR count). The van der Waals surface area contributed by atoms with Crippen molar-refractivity contribution in [2.75, 3.05) is 12.4 Å². The van der Waals surface area contributed by atoms with Crippen LogP contribution >= 0.6 is 11.8 Å². The predicted molar refractivity (Wildman–Crippen MR) is 87.1 cm³/mol. The largest absolute Gasteiger partial charge is 0.494 e. The second-order valence-electron chi connectivity index (χ2n) is 5.21. The van der Waals surface area contributed by atoms with Crippen LogP contribution in [0.3, 0.4) is 0 Å². The van der Waals surface area contributed by atoms with Crippen molar-refractivity contribution in [3.05, 3.63) is 35.7 Å². The Labute approximate surface area is 130 Å². The molecule has 0 atom stereocenters. The van der Waals surface area contributed by atoms with Crippen LogP contribution in [0.1, 0.15) is 44.5 Å². The van der Waals surface area contributed by atoms with E-state index in [9.17, 15) is 0 Å². The minimum Gasteiger partial charge on any atom is -0.494 e. The highest BCUT2D eigenvalue weighted by molar-refractivity contribution is 7.99. The van der Waals surface area contributed by atoms with Gasteiger partial charge in [0.05, 0.1) is 6.61 Å². The average Bonchev–Trinajstić information content (AvgIpc) is 2.97. The fourth-order valence-electron chi connectivity index (χ4n) is 1.81. The van der Waals surface area contributed by atoms with E-state index in [4.69, 9.17) is 4.74 Å². The van der Waals surface area contributed by atoms with Crippen LogP contribution in [-0.4, -0.2) is 27.5 Å². The van der Waals surface area contributed by atoms with E-state index in [1.807, 2.05) is 12.1 Å². The molecule has 0 radical (unpaired) electrons. The maximum absolute atomic E-state index is 5.72. The third-order valence-electron chi connectivity index (χ3n) is 3.15. The quantitative estimate of drug-likeness (QED) is 0.590. The molecule has 0 saturated heterocycles. The Balaban J connectivity index is 1.65. The Hall–Kier alpha value is -1.49. The third-order valence-corrected chi connectivity index (χ3v) is 4.08. The summed E-state index contributed by atoms with van der Waals surface area (Å²) in [6.07, 6.45) is 2.04. The van der Waals surface area contributed by atoms with E-state index in [-0.39, 0.29) is 0 Å². The van der Waals surface area contributed by atoms with Gasteiger partial charge in [-0.2, -0.15) is 0 Å². The van der Waals surface area contributed by atoms with Crippen LogP contribution in [0.4, 0.5) is 0 Å². The second-order valence-corrected chi connectivity index (χ2v) is 6.27. The Morgan fingerprint density at radius 3 is 2.62 bits per heavy atom. The maximum Gasteiger partial charge on any atom is 0.208 e. The molecule has 21 heavy (non-hydrogen) atoms. The van der Waals surface area contributed by atoms with Crippen molar-refractivity contribution in [2.45, 2.75) is 44.7 Å². The van der Waals surface area contributed by atoms with Crippen LogP contribution in [0.15, 0.2) is 29.4 Å². The van der Waals surface area contributed by atoms with Gasteiger partial charge in [0.25, 0.3) is 0 Å². The van der Waals surface area contributed by atoms with E-state index < -0.39 is 0 Å². The molecule has 0 amide bonds. The molecule has 0 fully saturated rings. The summed E-state index contributed by atoms with van der Waals surface area (Å²) >= 11 is 1.67. The lowest BCUT2D eigenvalue weighted by molar-refractivity contribution is 0.318. The van der Waals surface area contributed by atoms with E-state index in [1.54, 1.807) is 11.8 Å². The molecule has 0 aliphatic heterocycles. The van der Waals surface area contributed by atoms with Gasteiger partial charge in [-0.15, -0.1) is 5.10 Å². The molecule has 1 aromatic heterocycles. The summed E-state index contributed by atoms with van der Waals surface area (Å²) in [7, 11) is 0. The Morgan fingerprint density at radius 2 is 2.00 bits per heavy atom. The van der Waals surface area contributed by atoms with Gasteiger partial charge in [0, 0.05) is 11.7 Å². The fourth-order valence-corrected chi connectivity index (χ4v) is 2.53. The summed E-state index contributed by atoms with van der Waals surface area (Å²) in [5.41, 5.74) is 1.34. The maximum atomic E-state index is 5.72. The Bertz CT molecular complexity index is 537. The van der Waals surface area contributed by atoms with Crippen molar-refractivity contribution >= 4 is 11.8 Å². The smallest absolute Gasteiger partial charge is 0.208 e. The van der Waals surface area contributed by atoms with Gasteiger partial charge in [0.1, 0.15) is 11.6 Å². The molecule has 0 aliphatic carbocycles. The topological polar surface area (TPSA) is 50.8 Å². The highest BCUT2D eigenvalue weighted by Crippen LogP contribution is 2.17. The molecule has 1 N–H and O–H groups in total. The minimum absolute atomic E-state index is 0.390. The first-order chi connectivity index (χ1) is 10.2. The number of benzene rings is 1. The molecule has 1 heterocycles. The van der Waals surface area contributed by atoms with Crippen LogP contribution in [0.5, 0.6) is 5.75 Å². The van der Waals surface area contributed by atoms with E-state index in [2.05, 4.69) is 48.1 Å². The molecule has 0 bridgehead atoms. The highest BCUT2D eigenvalue weighted by Gasteiger charge is 2.06. The van der Waals surface area contributed by atoms with Gasteiger partial charge in [-0.25, -0.2) is 4.98 Å². The monoisotopic (exact) mass is 305 g/mol. The Morgan fingerprint density at radius 1 is 1.24 bits per heavy atom. The van der Waals surface area contributed by atoms with E-state index in [0.717, 1.165) is 41.9 Å². The molecular formula is C16H23N3OS.